The van der Waals surface area contributed by atoms with E-state index in [-0.39, 0.29) is 6.10 Å². The number of guanidine groups is 1. The van der Waals surface area contributed by atoms with E-state index in [1.54, 1.807) is 0 Å². The van der Waals surface area contributed by atoms with Crippen LogP contribution in [-0.4, -0.2) is 37.1 Å². The molecule has 0 amide bonds. The van der Waals surface area contributed by atoms with Crippen LogP contribution >= 0.6 is 0 Å². The summed E-state index contributed by atoms with van der Waals surface area (Å²) in [6, 6.07) is 10.3. The first kappa shape index (κ1) is 16.8. The third-order valence-electron chi connectivity index (χ3n) is 4.14. The molecular weight excluding hydrogens is 274 g/mol. The van der Waals surface area contributed by atoms with Crippen molar-refractivity contribution in [3.63, 3.8) is 0 Å². The molecule has 1 aliphatic rings. The van der Waals surface area contributed by atoms with Gasteiger partial charge in [0.25, 0.3) is 0 Å². The average Bonchev–Trinajstić information content (AvgIpc) is 2.84. The molecule has 2 N–H and O–H groups in total. The molecule has 1 heterocycles. The predicted octanol–water partition coefficient (Wildman–Crippen LogP) is 3.35. The third-order valence-corrected chi connectivity index (χ3v) is 4.14. The molecule has 4 nitrogen and oxygen atoms in total. The summed E-state index contributed by atoms with van der Waals surface area (Å²) < 4.78 is 5.85. The first-order chi connectivity index (χ1) is 10.8. The summed E-state index contributed by atoms with van der Waals surface area (Å²) in [6.45, 7) is 5.65. The molecule has 1 unspecified atom stereocenters. The summed E-state index contributed by atoms with van der Waals surface area (Å²) in [5.74, 6) is 0.706. The Balaban J connectivity index is 1.64. The quantitative estimate of drug-likeness (QED) is 0.498. The van der Waals surface area contributed by atoms with Gasteiger partial charge in [-0.2, -0.15) is 0 Å². The molecule has 0 spiro atoms. The fraction of sp³-hybridized carbons (Fsp3) is 0.611. The maximum atomic E-state index is 6.09. The molecule has 0 saturated carbocycles. The van der Waals surface area contributed by atoms with Crippen LogP contribution in [0, 0.1) is 0 Å². The number of ether oxygens (including phenoxy) is 1. The van der Waals surface area contributed by atoms with E-state index in [2.05, 4.69) is 28.9 Å². The van der Waals surface area contributed by atoms with Gasteiger partial charge in [0.1, 0.15) is 0 Å². The van der Waals surface area contributed by atoms with Crippen LogP contribution in [0.3, 0.4) is 0 Å². The molecule has 0 aliphatic carbocycles. The van der Waals surface area contributed by atoms with Crippen molar-refractivity contribution >= 4 is 5.96 Å². The largest absolute Gasteiger partial charge is 0.374 e. The van der Waals surface area contributed by atoms with Gasteiger partial charge in [-0.1, -0.05) is 43.2 Å². The average molecular weight is 303 g/mol. The minimum absolute atomic E-state index is 0.133. The molecule has 2 rings (SSSR count). The molecule has 4 heteroatoms. The van der Waals surface area contributed by atoms with Gasteiger partial charge < -0.3 is 15.4 Å². The van der Waals surface area contributed by atoms with E-state index in [1.807, 2.05) is 18.2 Å². The zero-order valence-corrected chi connectivity index (χ0v) is 13.7. The van der Waals surface area contributed by atoms with Gasteiger partial charge in [0.15, 0.2) is 5.96 Å². The third kappa shape index (κ3) is 5.68. The molecule has 0 bridgehead atoms. The molecule has 0 aromatic heterocycles. The minimum atomic E-state index is 0.133. The van der Waals surface area contributed by atoms with Gasteiger partial charge in [-0.3, -0.25) is 4.99 Å². The number of nitrogens with two attached hydrogens (primary N) is 1. The number of rotatable bonds is 6. The molecule has 122 valence electrons. The zero-order chi connectivity index (χ0) is 15.6. The maximum absolute atomic E-state index is 6.09. The Morgan fingerprint density at radius 1 is 1.18 bits per heavy atom. The SMILES string of the molecule is CC(OCCCN=C(N)N1CCCCCC1)c1ccccc1. The molecule has 1 aromatic carbocycles. The van der Waals surface area contributed by atoms with Crippen molar-refractivity contribution in [2.24, 2.45) is 10.7 Å². The Hall–Kier alpha value is -1.55. The van der Waals surface area contributed by atoms with Crippen molar-refractivity contribution in [1.29, 1.82) is 0 Å². The van der Waals surface area contributed by atoms with E-state index in [0.29, 0.717) is 12.6 Å². The van der Waals surface area contributed by atoms with Gasteiger partial charge in [-0.15, -0.1) is 0 Å². The molecule has 1 aliphatic heterocycles. The van der Waals surface area contributed by atoms with Crippen LogP contribution in [0.15, 0.2) is 35.3 Å². The summed E-state index contributed by atoms with van der Waals surface area (Å²) in [4.78, 5) is 6.72. The minimum Gasteiger partial charge on any atom is -0.374 e. The van der Waals surface area contributed by atoms with Crippen molar-refractivity contribution in [1.82, 2.24) is 4.90 Å². The summed E-state index contributed by atoms with van der Waals surface area (Å²) in [6.07, 6.45) is 6.13. The Morgan fingerprint density at radius 3 is 2.55 bits per heavy atom. The smallest absolute Gasteiger partial charge is 0.191 e. The highest BCUT2D eigenvalue weighted by Gasteiger charge is 2.10. The summed E-state index contributed by atoms with van der Waals surface area (Å²) >= 11 is 0. The second-order valence-electron chi connectivity index (χ2n) is 5.92. The highest BCUT2D eigenvalue weighted by molar-refractivity contribution is 5.78. The lowest BCUT2D eigenvalue weighted by molar-refractivity contribution is 0.0652. The van der Waals surface area contributed by atoms with E-state index >= 15 is 0 Å². The Bertz CT molecular complexity index is 439. The predicted molar refractivity (Wildman–Crippen MR) is 92.0 cm³/mol. The second-order valence-corrected chi connectivity index (χ2v) is 5.92. The zero-order valence-electron chi connectivity index (χ0n) is 13.7. The molecular formula is C18H29N3O. The Morgan fingerprint density at radius 2 is 1.86 bits per heavy atom. The highest BCUT2D eigenvalue weighted by atomic mass is 16.5. The topological polar surface area (TPSA) is 50.9 Å². The van der Waals surface area contributed by atoms with Crippen LogP contribution in [0.1, 0.15) is 50.7 Å². The van der Waals surface area contributed by atoms with Gasteiger partial charge in [0.2, 0.25) is 0 Å². The van der Waals surface area contributed by atoms with E-state index in [9.17, 15) is 0 Å². The summed E-state index contributed by atoms with van der Waals surface area (Å²) in [5.41, 5.74) is 7.30. The summed E-state index contributed by atoms with van der Waals surface area (Å²) in [5, 5.41) is 0. The van der Waals surface area contributed by atoms with Gasteiger partial charge in [-0.25, -0.2) is 0 Å². The second kappa shape index (κ2) is 9.46. The molecule has 22 heavy (non-hydrogen) atoms. The van der Waals surface area contributed by atoms with Crippen LogP contribution in [-0.2, 0) is 4.74 Å². The van der Waals surface area contributed by atoms with Crippen LogP contribution in [0.4, 0.5) is 0 Å². The van der Waals surface area contributed by atoms with E-state index in [0.717, 1.165) is 26.1 Å². The highest BCUT2D eigenvalue weighted by Crippen LogP contribution is 2.15. The Kier molecular flexibility index (Phi) is 7.23. The van der Waals surface area contributed by atoms with E-state index in [4.69, 9.17) is 10.5 Å². The number of nitrogens with zero attached hydrogens (tertiary/aromatic N) is 2. The van der Waals surface area contributed by atoms with Crippen LogP contribution in [0.5, 0.6) is 0 Å². The molecule has 1 saturated heterocycles. The van der Waals surface area contributed by atoms with E-state index in [1.165, 1.54) is 31.2 Å². The van der Waals surface area contributed by atoms with Crippen molar-refractivity contribution in [2.45, 2.75) is 45.1 Å². The lowest BCUT2D eigenvalue weighted by Crippen LogP contribution is -2.38. The van der Waals surface area contributed by atoms with Gasteiger partial charge in [0.05, 0.1) is 6.10 Å². The van der Waals surface area contributed by atoms with Crippen molar-refractivity contribution < 1.29 is 4.74 Å². The first-order valence-electron chi connectivity index (χ1n) is 8.49. The fourth-order valence-electron chi connectivity index (χ4n) is 2.74. The van der Waals surface area contributed by atoms with Gasteiger partial charge in [-0.05, 0) is 31.7 Å². The number of hydrogen-bond donors (Lipinski definition) is 1. The normalized spacial score (nSPS) is 18.0. The van der Waals surface area contributed by atoms with E-state index < -0.39 is 0 Å². The molecule has 1 atom stereocenters. The fourth-order valence-corrected chi connectivity index (χ4v) is 2.74. The lowest BCUT2D eigenvalue weighted by Gasteiger charge is -2.21. The first-order valence-corrected chi connectivity index (χ1v) is 8.49. The molecule has 1 fully saturated rings. The number of hydrogen-bond acceptors (Lipinski definition) is 2. The number of likely N-dealkylation sites (tertiary alicyclic amines) is 1. The van der Waals surface area contributed by atoms with Crippen LogP contribution < -0.4 is 5.73 Å². The number of aliphatic imine (C=N–C) groups is 1. The summed E-state index contributed by atoms with van der Waals surface area (Å²) in [7, 11) is 0. The monoisotopic (exact) mass is 303 g/mol. The van der Waals surface area contributed by atoms with Crippen LogP contribution in [0.2, 0.25) is 0 Å². The lowest BCUT2D eigenvalue weighted by atomic mass is 10.1. The molecule has 0 radical (unpaired) electrons. The van der Waals surface area contributed by atoms with Gasteiger partial charge in [0, 0.05) is 26.2 Å². The van der Waals surface area contributed by atoms with Crippen molar-refractivity contribution in [2.75, 3.05) is 26.2 Å². The van der Waals surface area contributed by atoms with Crippen molar-refractivity contribution in [3.8, 4) is 0 Å². The Labute approximate surface area is 134 Å². The standard InChI is InChI=1S/C18H29N3O/c1-16(17-10-5-4-6-11-17)22-15-9-12-20-18(19)21-13-7-2-3-8-14-21/h4-6,10-11,16H,2-3,7-9,12-15H2,1H3,(H2,19,20). The molecule has 1 aromatic rings. The van der Waals surface area contributed by atoms with Crippen molar-refractivity contribution in [3.05, 3.63) is 35.9 Å². The maximum Gasteiger partial charge on any atom is 0.191 e. The number of benzene rings is 1. The van der Waals surface area contributed by atoms with Gasteiger partial charge >= 0.3 is 0 Å². The van der Waals surface area contributed by atoms with Crippen LogP contribution in [0.25, 0.3) is 0 Å².